The number of methoxy groups -OCH3 is 1. The Labute approximate surface area is 210 Å². The number of amides is 1. The van der Waals surface area contributed by atoms with Gasteiger partial charge in [0.1, 0.15) is 17.8 Å². The molecule has 5 rings (SSSR count). The van der Waals surface area contributed by atoms with Crippen molar-refractivity contribution in [2.75, 3.05) is 39.8 Å². The lowest BCUT2D eigenvalue weighted by atomic mass is 9.93. The van der Waals surface area contributed by atoms with Crippen LogP contribution in [0.4, 0.5) is 4.39 Å². The second-order valence-electron chi connectivity index (χ2n) is 9.33. The molecule has 1 amide bonds. The zero-order valence-electron chi connectivity index (χ0n) is 20.7. The number of imidazole rings is 1. The zero-order valence-corrected chi connectivity index (χ0v) is 20.7. The molecule has 1 aromatic heterocycles. The number of aliphatic imine (C=N–C) groups is 2. The SMILES string of the molecule is COC1C=NC(N2CCN(C(=O)Cc3nc(C4=CC=C(F)C(C)C4)cn3-c3ccccc3)CC2)=NC1. The quantitative estimate of drug-likeness (QED) is 0.645. The molecular weight excluding hydrogens is 459 g/mol. The molecule has 3 heterocycles. The molecule has 0 bridgehead atoms. The smallest absolute Gasteiger partial charge is 0.230 e. The number of halogens is 1. The number of aromatic nitrogens is 2. The van der Waals surface area contributed by atoms with Gasteiger partial charge in [-0.05, 0) is 30.2 Å². The van der Waals surface area contributed by atoms with Gasteiger partial charge in [0.15, 0.2) is 0 Å². The number of ether oxygens (including phenoxy) is 1. The van der Waals surface area contributed by atoms with E-state index in [-0.39, 0.29) is 30.2 Å². The first-order chi connectivity index (χ1) is 17.5. The molecule has 1 aliphatic carbocycles. The molecule has 2 atom stereocenters. The van der Waals surface area contributed by atoms with Crippen LogP contribution in [-0.4, -0.2) is 83.4 Å². The van der Waals surface area contributed by atoms with E-state index < -0.39 is 0 Å². The average molecular weight is 491 g/mol. The maximum absolute atomic E-state index is 13.9. The van der Waals surface area contributed by atoms with Crippen molar-refractivity contribution in [3.05, 3.63) is 66.0 Å². The fraction of sp³-hybridized carbons (Fsp3) is 0.407. The highest BCUT2D eigenvalue weighted by Gasteiger charge is 2.26. The van der Waals surface area contributed by atoms with E-state index in [0.717, 1.165) is 17.0 Å². The van der Waals surface area contributed by atoms with Gasteiger partial charge in [0, 0.05) is 57.3 Å². The maximum Gasteiger partial charge on any atom is 0.230 e. The van der Waals surface area contributed by atoms with Gasteiger partial charge in [0.05, 0.1) is 18.7 Å². The Bertz CT molecular complexity index is 1220. The summed E-state index contributed by atoms with van der Waals surface area (Å²) < 4.78 is 21.1. The van der Waals surface area contributed by atoms with Gasteiger partial charge >= 0.3 is 0 Å². The molecule has 188 valence electrons. The van der Waals surface area contributed by atoms with Crippen LogP contribution in [0.15, 0.2) is 64.5 Å². The van der Waals surface area contributed by atoms with Crippen LogP contribution >= 0.6 is 0 Å². The summed E-state index contributed by atoms with van der Waals surface area (Å²) in [7, 11) is 1.65. The second kappa shape index (κ2) is 10.6. The fourth-order valence-electron chi connectivity index (χ4n) is 4.67. The van der Waals surface area contributed by atoms with E-state index in [1.165, 1.54) is 6.08 Å². The van der Waals surface area contributed by atoms with Crippen LogP contribution in [0.1, 0.15) is 24.9 Å². The lowest BCUT2D eigenvalue weighted by Crippen LogP contribution is -2.51. The molecule has 0 N–H and O–H groups in total. The summed E-state index contributed by atoms with van der Waals surface area (Å²) in [4.78, 5) is 31.1. The molecule has 36 heavy (non-hydrogen) atoms. The van der Waals surface area contributed by atoms with E-state index in [1.54, 1.807) is 19.4 Å². The number of hydrogen-bond acceptors (Lipinski definition) is 6. The molecule has 1 fully saturated rings. The van der Waals surface area contributed by atoms with Gasteiger partial charge in [0.25, 0.3) is 0 Å². The Balaban J connectivity index is 1.29. The third-order valence-corrected chi connectivity index (χ3v) is 6.88. The summed E-state index contributed by atoms with van der Waals surface area (Å²) in [6, 6.07) is 9.88. The predicted molar refractivity (Wildman–Crippen MR) is 138 cm³/mol. The van der Waals surface area contributed by atoms with Gasteiger partial charge in [0.2, 0.25) is 11.9 Å². The lowest BCUT2D eigenvalue weighted by molar-refractivity contribution is -0.131. The average Bonchev–Trinajstić information content (AvgIpc) is 3.34. The third kappa shape index (κ3) is 5.16. The van der Waals surface area contributed by atoms with Gasteiger partial charge in [-0.2, -0.15) is 0 Å². The van der Waals surface area contributed by atoms with Crippen LogP contribution in [0.5, 0.6) is 0 Å². The Kier molecular flexibility index (Phi) is 7.09. The predicted octanol–water partition coefficient (Wildman–Crippen LogP) is 3.29. The highest BCUT2D eigenvalue weighted by molar-refractivity contribution is 5.91. The van der Waals surface area contributed by atoms with E-state index in [9.17, 15) is 9.18 Å². The Morgan fingerprint density at radius 2 is 1.92 bits per heavy atom. The number of piperazine rings is 1. The van der Waals surface area contributed by atoms with E-state index >= 15 is 0 Å². The summed E-state index contributed by atoms with van der Waals surface area (Å²) in [5, 5.41) is 0. The summed E-state index contributed by atoms with van der Waals surface area (Å²) >= 11 is 0. The molecule has 2 aromatic rings. The lowest BCUT2D eigenvalue weighted by Gasteiger charge is -2.36. The first-order valence-electron chi connectivity index (χ1n) is 12.4. The number of nitrogens with zero attached hydrogens (tertiary/aromatic N) is 6. The van der Waals surface area contributed by atoms with Crippen molar-refractivity contribution in [1.29, 1.82) is 0 Å². The summed E-state index contributed by atoms with van der Waals surface area (Å²) in [6.07, 6.45) is 7.76. The summed E-state index contributed by atoms with van der Waals surface area (Å²) in [5.74, 6) is 1.14. The minimum atomic E-state index is -0.174. The Morgan fingerprint density at radius 1 is 1.14 bits per heavy atom. The standard InChI is InChI=1S/C27H31FN6O2/c1-19-14-20(8-9-23(19)28)24-18-34(21-6-4-3-5-7-21)25(31-24)15-26(35)32-10-12-33(13-11-32)27-29-16-22(36-2)17-30-27/h3-9,16,18-19,22H,10-15,17H2,1-2H3. The molecule has 1 saturated heterocycles. The van der Waals surface area contributed by atoms with Crippen LogP contribution in [0.2, 0.25) is 0 Å². The van der Waals surface area contributed by atoms with Gasteiger partial charge in [-0.3, -0.25) is 4.79 Å². The van der Waals surface area contributed by atoms with E-state index in [0.29, 0.717) is 50.9 Å². The number of hydrogen-bond donors (Lipinski definition) is 0. The molecule has 3 aliphatic rings. The van der Waals surface area contributed by atoms with Crippen molar-refractivity contribution in [2.45, 2.75) is 25.9 Å². The molecular formula is C27H31FN6O2. The summed E-state index contributed by atoms with van der Waals surface area (Å²) in [5.41, 5.74) is 2.70. The van der Waals surface area contributed by atoms with Crippen LogP contribution in [-0.2, 0) is 16.0 Å². The van der Waals surface area contributed by atoms with Gasteiger partial charge < -0.3 is 19.1 Å². The molecule has 2 aliphatic heterocycles. The minimum absolute atomic E-state index is 0.0365. The van der Waals surface area contributed by atoms with Gasteiger partial charge in [-0.25, -0.2) is 19.4 Å². The molecule has 2 unspecified atom stereocenters. The topological polar surface area (TPSA) is 75.3 Å². The Hall–Kier alpha value is -3.59. The number of benzene rings is 1. The van der Waals surface area contributed by atoms with Crippen LogP contribution in [0.3, 0.4) is 0 Å². The van der Waals surface area contributed by atoms with Gasteiger partial charge in [-0.1, -0.05) is 31.2 Å². The van der Waals surface area contributed by atoms with Crippen molar-refractivity contribution < 1.29 is 13.9 Å². The molecule has 1 aromatic carbocycles. The Morgan fingerprint density at radius 3 is 2.58 bits per heavy atom. The number of guanidine groups is 1. The molecule has 0 saturated carbocycles. The number of rotatable bonds is 5. The van der Waals surface area contributed by atoms with E-state index in [2.05, 4.69) is 14.9 Å². The van der Waals surface area contributed by atoms with Crippen molar-refractivity contribution in [2.24, 2.45) is 15.9 Å². The molecule has 9 heteroatoms. The first-order valence-corrected chi connectivity index (χ1v) is 12.4. The van der Waals surface area contributed by atoms with Crippen LogP contribution in [0, 0.1) is 5.92 Å². The number of para-hydroxylation sites is 1. The largest absolute Gasteiger partial charge is 0.374 e. The first kappa shape index (κ1) is 24.1. The molecule has 8 nitrogen and oxygen atoms in total. The van der Waals surface area contributed by atoms with Crippen molar-refractivity contribution in [3.8, 4) is 5.69 Å². The van der Waals surface area contributed by atoms with Crippen molar-refractivity contribution >= 4 is 23.7 Å². The number of carbonyl (C=O) groups is 1. The zero-order chi connectivity index (χ0) is 25.1. The van der Waals surface area contributed by atoms with Gasteiger partial charge in [-0.15, -0.1) is 0 Å². The van der Waals surface area contributed by atoms with Crippen LogP contribution < -0.4 is 0 Å². The van der Waals surface area contributed by atoms with E-state index in [1.807, 2.05) is 52.9 Å². The molecule has 0 spiro atoms. The number of allylic oxidation sites excluding steroid dienone is 4. The second-order valence-corrected chi connectivity index (χ2v) is 9.33. The molecule has 0 radical (unpaired) electrons. The maximum atomic E-state index is 13.9. The monoisotopic (exact) mass is 490 g/mol. The highest BCUT2D eigenvalue weighted by atomic mass is 19.1. The van der Waals surface area contributed by atoms with Crippen molar-refractivity contribution in [3.63, 3.8) is 0 Å². The van der Waals surface area contributed by atoms with Crippen LogP contribution in [0.25, 0.3) is 11.3 Å². The highest BCUT2D eigenvalue weighted by Crippen LogP contribution is 2.32. The van der Waals surface area contributed by atoms with E-state index in [4.69, 9.17) is 9.72 Å². The fourth-order valence-corrected chi connectivity index (χ4v) is 4.67. The minimum Gasteiger partial charge on any atom is -0.374 e. The van der Waals surface area contributed by atoms with Crippen molar-refractivity contribution in [1.82, 2.24) is 19.4 Å². The normalized spacial score (nSPS) is 22.2. The number of carbonyl (C=O) groups excluding carboxylic acids is 1. The third-order valence-electron chi connectivity index (χ3n) is 6.88. The summed E-state index contributed by atoms with van der Waals surface area (Å²) in [6.45, 7) is 5.01.